The van der Waals surface area contributed by atoms with Gasteiger partial charge in [0.2, 0.25) is 0 Å². The summed E-state index contributed by atoms with van der Waals surface area (Å²) in [5.74, 6) is -1.26. The summed E-state index contributed by atoms with van der Waals surface area (Å²) in [5.41, 5.74) is 4.47. The number of nitrogens with zero attached hydrogens (tertiary/aromatic N) is 2. The van der Waals surface area contributed by atoms with E-state index in [0.29, 0.717) is 23.7 Å². The third kappa shape index (κ3) is 6.05. The first-order chi connectivity index (χ1) is 17.6. The highest BCUT2D eigenvalue weighted by molar-refractivity contribution is 6.36. The number of carboxylic acids is 1. The van der Waals surface area contributed by atoms with Crippen molar-refractivity contribution in [2.24, 2.45) is 5.92 Å². The lowest BCUT2D eigenvalue weighted by atomic mass is 9.97. The summed E-state index contributed by atoms with van der Waals surface area (Å²) in [4.78, 5) is 17.5. The fourth-order valence-electron chi connectivity index (χ4n) is 4.68. The zero-order chi connectivity index (χ0) is 26.7. The molecule has 3 heterocycles. The van der Waals surface area contributed by atoms with Gasteiger partial charge >= 0.3 is 12.1 Å². The number of aromatic nitrogens is 1. The molecule has 2 aliphatic rings. The summed E-state index contributed by atoms with van der Waals surface area (Å²) < 4.78 is 43.7. The molecule has 2 aromatic carbocycles. The van der Waals surface area contributed by atoms with Crippen molar-refractivity contribution in [1.82, 2.24) is 14.8 Å². The van der Waals surface area contributed by atoms with E-state index < -0.39 is 18.1 Å². The summed E-state index contributed by atoms with van der Waals surface area (Å²) in [6, 6.07) is 10.3. The van der Waals surface area contributed by atoms with Crippen molar-refractivity contribution in [2.45, 2.75) is 26.1 Å². The number of carbonyl (C=O) groups is 1. The van der Waals surface area contributed by atoms with E-state index >= 15 is 0 Å². The molecule has 0 atom stereocenters. The number of likely N-dealkylation sites (tertiary alicyclic amines) is 1. The smallest absolute Gasteiger partial charge is 0.395 e. The van der Waals surface area contributed by atoms with Crippen LogP contribution in [0.4, 0.5) is 13.2 Å². The topological polar surface area (TPSA) is 68.8 Å². The van der Waals surface area contributed by atoms with E-state index in [0.717, 1.165) is 46.4 Å². The SMILES string of the molecule is COc1cc(C)c2[nH]cc(Cl)c2c1CN1CC=C(N2CC(C(F)(F)F)C2)CC1.O=C(O)c1ccccc1. The molecule has 5 rings (SSSR count). The van der Waals surface area contributed by atoms with Crippen LogP contribution in [0.25, 0.3) is 10.9 Å². The van der Waals surface area contributed by atoms with Gasteiger partial charge in [0.1, 0.15) is 5.75 Å². The van der Waals surface area contributed by atoms with Crippen LogP contribution in [0.15, 0.2) is 54.4 Å². The number of carboxylic acid groups (broad SMARTS) is 1. The van der Waals surface area contributed by atoms with Crippen LogP contribution in [0.1, 0.15) is 27.9 Å². The molecular formula is C27H29ClF3N3O3. The Bertz CT molecular complexity index is 1280. The summed E-state index contributed by atoms with van der Waals surface area (Å²) in [7, 11) is 1.65. The Hall–Kier alpha value is -3.17. The van der Waals surface area contributed by atoms with E-state index in [-0.39, 0.29) is 13.1 Å². The van der Waals surface area contributed by atoms with E-state index in [4.69, 9.17) is 21.4 Å². The largest absolute Gasteiger partial charge is 0.496 e. The van der Waals surface area contributed by atoms with Gasteiger partial charge in [0.25, 0.3) is 0 Å². The van der Waals surface area contributed by atoms with Gasteiger partial charge in [-0.15, -0.1) is 0 Å². The van der Waals surface area contributed by atoms with Crippen molar-refractivity contribution in [1.29, 1.82) is 0 Å². The maximum atomic E-state index is 12.7. The molecule has 0 amide bonds. The summed E-state index contributed by atoms with van der Waals surface area (Å²) >= 11 is 6.42. The van der Waals surface area contributed by atoms with Gasteiger partial charge in [0.15, 0.2) is 0 Å². The molecule has 6 nitrogen and oxygen atoms in total. The predicted molar refractivity (Wildman–Crippen MR) is 137 cm³/mol. The maximum Gasteiger partial charge on any atom is 0.395 e. The number of H-pyrrole nitrogens is 1. The Kier molecular flexibility index (Phi) is 8.04. The summed E-state index contributed by atoms with van der Waals surface area (Å²) in [6.45, 7) is 4.34. The van der Waals surface area contributed by atoms with Gasteiger partial charge in [-0.25, -0.2) is 4.79 Å². The third-order valence-electron chi connectivity index (χ3n) is 6.82. The maximum absolute atomic E-state index is 12.7. The van der Waals surface area contributed by atoms with Gasteiger partial charge in [0, 0.05) is 55.6 Å². The number of alkyl halides is 3. The number of benzene rings is 2. The Morgan fingerprint density at radius 3 is 2.49 bits per heavy atom. The van der Waals surface area contributed by atoms with Crippen LogP contribution in [-0.2, 0) is 6.54 Å². The molecule has 0 unspecified atom stereocenters. The number of halogens is 4. The van der Waals surface area contributed by atoms with Crippen LogP contribution in [0.3, 0.4) is 0 Å². The van der Waals surface area contributed by atoms with Crippen molar-refractivity contribution >= 4 is 28.5 Å². The Morgan fingerprint density at radius 1 is 1.24 bits per heavy atom. The molecular weight excluding hydrogens is 507 g/mol. The van der Waals surface area contributed by atoms with E-state index in [1.54, 1.807) is 43.6 Å². The molecule has 198 valence electrons. The van der Waals surface area contributed by atoms with Crippen molar-refractivity contribution in [3.63, 3.8) is 0 Å². The minimum atomic E-state index is -4.08. The molecule has 10 heteroatoms. The molecule has 2 N–H and O–H groups in total. The summed E-state index contributed by atoms with van der Waals surface area (Å²) in [6.07, 6.45) is 0.508. The predicted octanol–water partition coefficient (Wildman–Crippen LogP) is 6.11. The second-order valence-electron chi connectivity index (χ2n) is 9.26. The normalized spacial score (nSPS) is 16.6. The number of aryl methyl sites for hydroxylation is 1. The van der Waals surface area contributed by atoms with Crippen molar-refractivity contribution < 1.29 is 27.8 Å². The number of hydrogen-bond donors (Lipinski definition) is 2. The van der Waals surface area contributed by atoms with Crippen LogP contribution in [0.5, 0.6) is 5.75 Å². The molecule has 2 aliphatic heterocycles. The number of aromatic carboxylic acids is 1. The standard InChI is InChI=1S/C20H23ClF3N3O.C7H6O2/c1-12-7-17(28-2)15(18-16(21)8-25-19(12)18)11-26-5-3-14(4-6-26)27-9-13(10-27)20(22,23)24;8-7(9)6-4-2-1-3-5-6/h3,7-8,13,25H,4-6,9-11H2,1-2H3;1-5H,(H,8,9). The zero-order valence-electron chi connectivity index (χ0n) is 20.6. The number of aromatic amines is 1. The van der Waals surface area contributed by atoms with Gasteiger partial charge in [-0.1, -0.05) is 35.9 Å². The fourth-order valence-corrected chi connectivity index (χ4v) is 4.94. The molecule has 0 bridgehead atoms. The highest BCUT2D eigenvalue weighted by Crippen LogP contribution is 2.38. The van der Waals surface area contributed by atoms with Crippen LogP contribution in [0.2, 0.25) is 5.02 Å². The Balaban J connectivity index is 0.000000301. The lowest BCUT2D eigenvalue weighted by molar-refractivity contribution is -0.205. The zero-order valence-corrected chi connectivity index (χ0v) is 21.4. The van der Waals surface area contributed by atoms with Crippen molar-refractivity contribution in [3.8, 4) is 5.75 Å². The first-order valence-corrected chi connectivity index (χ1v) is 12.3. The Labute approximate surface area is 218 Å². The molecule has 0 aliphatic carbocycles. The van der Waals surface area contributed by atoms with Crippen molar-refractivity contribution in [2.75, 3.05) is 33.3 Å². The van der Waals surface area contributed by atoms with Gasteiger partial charge in [-0.05, 0) is 37.1 Å². The number of hydrogen-bond acceptors (Lipinski definition) is 4. The lowest BCUT2D eigenvalue weighted by Crippen LogP contribution is -2.53. The highest BCUT2D eigenvalue weighted by Gasteiger charge is 2.47. The number of fused-ring (bicyclic) bond motifs is 1. The lowest BCUT2D eigenvalue weighted by Gasteiger charge is -2.44. The monoisotopic (exact) mass is 535 g/mol. The second kappa shape index (κ2) is 11.1. The quantitative estimate of drug-likeness (QED) is 0.413. The second-order valence-corrected chi connectivity index (χ2v) is 9.66. The van der Waals surface area contributed by atoms with Crippen LogP contribution >= 0.6 is 11.6 Å². The first kappa shape index (κ1) is 26.9. The molecule has 0 spiro atoms. The van der Waals surface area contributed by atoms with E-state index in [1.165, 1.54) is 0 Å². The molecule has 1 fully saturated rings. The molecule has 1 aromatic heterocycles. The Morgan fingerprint density at radius 2 is 1.95 bits per heavy atom. The van der Waals surface area contributed by atoms with Crippen LogP contribution < -0.4 is 4.74 Å². The van der Waals surface area contributed by atoms with E-state index in [9.17, 15) is 18.0 Å². The number of ether oxygens (including phenoxy) is 1. The molecule has 0 radical (unpaired) electrons. The minimum absolute atomic E-state index is 0.0840. The van der Waals surface area contributed by atoms with Gasteiger partial charge in [-0.3, -0.25) is 4.90 Å². The molecule has 0 saturated carbocycles. The van der Waals surface area contributed by atoms with Crippen molar-refractivity contribution in [3.05, 3.63) is 76.1 Å². The van der Waals surface area contributed by atoms with Gasteiger partial charge in [0.05, 0.1) is 29.1 Å². The number of nitrogens with one attached hydrogen (secondary N) is 1. The molecule has 3 aromatic rings. The first-order valence-electron chi connectivity index (χ1n) is 11.9. The average molecular weight is 536 g/mol. The highest BCUT2D eigenvalue weighted by atomic mass is 35.5. The third-order valence-corrected chi connectivity index (χ3v) is 7.11. The molecule has 1 saturated heterocycles. The molecule has 37 heavy (non-hydrogen) atoms. The van der Waals surface area contributed by atoms with E-state index in [2.05, 4.69) is 9.88 Å². The number of methoxy groups -OCH3 is 1. The average Bonchev–Trinajstić information content (AvgIpc) is 3.23. The van der Waals surface area contributed by atoms with Gasteiger partial charge in [-0.2, -0.15) is 13.2 Å². The number of rotatable bonds is 5. The van der Waals surface area contributed by atoms with Crippen LogP contribution in [-0.4, -0.2) is 65.3 Å². The van der Waals surface area contributed by atoms with Gasteiger partial charge < -0.3 is 19.7 Å². The van der Waals surface area contributed by atoms with Crippen LogP contribution in [0, 0.1) is 12.8 Å². The summed E-state index contributed by atoms with van der Waals surface area (Å²) in [5, 5.41) is 10.0. The van der Waals surface area contributed by atoms with E-state index in [1.807, 2.05) is 24.0 Å². The fraction of sp³-hybridized carbons (Fsp3) is 0.370. The minimum Gasteiger partial charge on any atom is -0.496 e.